The first-order valence-corrected chi connectivity index (χ1v) is 6.97. The molecule has 108 valence electrons. The highest BCUT2D eigenvalue weighted by atomic mass is 19.1. The molecule has 1 heterocycles. The Balaban J connectivity index is 2.49. The Morgan fingerprint density at radius 1 is 1.32 bits per heavy atom. The van der Waals surface area contributed by atoms with Crippen LogP contribution in [0.3, 0.4) is 0 Å². The van der Waals surface area contributed by atoms with Crippen molar-refractivity contribution in [3.05, 3.63) is 29.8 Å². The zero-order valence-electron chi connectivity index (χ0n) is 12.1. The maximum Gasteiger partial charge on any atom is 0.141 e. The van der Waals surface area contributed by atoms with E-state index in [9.17, 15) is 4.39 Å². The molecule has 0 spiro atoms. The second kappa shape index (κ2) is 8.23. The lowest BCUT2D eigenvalue weighted by molar-refractivity contribution is 0.237. The Kier molecular flexibility index (Phi) is 6.95. The minimum absolute atomic E-state index is 0.0663. The summed E-state index contributed by atoms with van der Waals surface area (Å²) in [5, 5.41) is 12.5. The molecule has 0 aromatic carbocycles. The van der Waals surface area contributed by atoms with Gasteiger partial charge < -0.3 is 10.4 Å². The van der Waals surface area contributed by atoms with E-state index in [1.54, 1.807) is 6.20 Å². The summed E-state index contributed by atoms with van der Waals surface area (Å²) in [6.07, 6.45) is 4.79. The van der Waals surface area contributed by atoms with Crippen LogP contribution in [0, 0.1) is 17.7 Å². The van der Waals surface area contributed by atoms with E-state index in [1.807, 2.05) is 6.92 Å². The SMILES string of the molecule is CC(C)CC(CCO)CNC(C)c1cncc(F)c1. The fraction of sp³-hybridized carbons (Fsp3) is 0.667. The van der Waals surface area contributed by atoms with Gasteiger partial charge in [-0.15, -0.1) is 0 Å². The molecule has 0 radical (unpaired) electrons. The molecular weight excluding hydrogens is 243 g/mol. The summed E-state index contributed by atoms with van der Waals surface area (Å²) in [4.78, 5) is 3.86. The summed E-state index contributed by atoms with van der Waals surface area (Å²) < 4.78 is 13.1. The number of aliphatic hydroxyl groups excluding tert-OH is 1. The lowest BCUT2D eigenvalue weighted by Crippen LogP contribution is -2.27. The fourth-order valence-corrected chi connectivity index (χ4v) is 2.28. The number of rotatable bonds is 8. The average molecular weight is 268 g/mol. The van der Waals surface area contributed by atoms with Gasteiger partial charge in [0.1, 0.15) is 5.82 Å². The monoisotopic (exact) mass is 268 g/mol. The molecule has 0 saturated carbocycles. The van der Waals surface area contributed by atoms with Crippen LogP contribution in [-0.2, 0) is 0 Å². The van der Waals surface area contributed by atoms with E-state index in [2.05, 4.69) is 24.1 Å². The van der Waals surface area contributed by atoms with Crippen molar-refractivity contribution in [1.29, 1.82) is 0 Å². The van der Waals surface area contributed by atoms with Crippen molar-refractivity contribution < 1.29 is 9.50 Å². The van der Waals surface area contributed by atoms with Crippen molar-refractivity contribution in [2.24, 2.45) is 11.8 Å². The van der Waals surface area contributed by atoms with Crippen molar-refractivity contribution in [1.82, 2.24) is 10.3 Å². The maximum atomic E-state index is 13.1. The topological polar surface area (TPSA) is 45.1 Å². The van der Waals surface area contributed by atoms with Crippen LogP contribution in [0.2, 0.25) is 0 Å². The van der Waals surface area contributed by atoms with Gasteiger partial charge in [-0.2, -0.15) is 0 Å². The van der Waals surface area contributed by atoms with Crippen LogP contribution in [0.25, 0.3) is 0 Å². The standard InChI is InChI=1S/C15H25FN2O/c1-11(2)6-13(4-5-19)8-18-12(3)14-7-15(16)10-17-9-14/h7,9-13,18-19H,4-6,8H2,1-3H3. The van der Waals surface area contributed by atoms with Gasteiger partial charge in [-0.1, -0.05) is 13.8 Å². The third kappa shape index (κ3) is 6.12. The van der Waals surface area contributed by atoms with E-state index in [0.29, 0.717) is 11.8 Å². The van der Waals surface area contributed by atoms with Gasteiger partial charge in [0.05, 0.1) is 6.20 Å². The Labute approximate surface area is 115 Å². The number of pyridine rings is 1. The Bertz CT molecular complexity index is 371. The van der Waals surface area contributed by atoms with E-state index in [0.717, 1.165) is 24.9 Å². The molecule has 2 atom stereocenters. The van der Waals surface area contributed by atoms with Crippen molar-refractivity contribution in [2.45, 2.75) is 39.7 Å². The molecule has 0 aliphatic rings. The molecule has 0 aliphatic heterocycles. The molecule has 0 amide bonds. The molecule has 1 rings (SSSR count). The van der Waals surface area contributed by atoms with E-state index in [-0.39, 0.29) is 18.5 Å². The number of aliphatic hydroxyl groups is 1. The summed E-state index contributed by atoms with van der Waals surface area (Å²) in [6, 6.07) is 1.57. The predicted molar refractivity (Wildman–Crippen MR) is 75.3 cm³/mol. The van der Waals surface area contributed by atoms with Gasteiger partial charge in [-0.05, 0) is 49.8 Å². The average Bonchev–Trinajstić information content (AvgIpc) is 2.35. The van der Waals surface area contributed by atoms with Crippen LogP contribution >= 0.6 is 0 Å². The van der Waals surface area contributed by atoms with Gasteiger partial charge >= 0.3 is 0 Å². The van der Waals surface area contributed by atoms with Crippen LogP contribution in [0.4, 0.5) is 4.39 Å². The molecule has 3 nitrogen and oxygen atoms in total. The normalized spacial score (nSPS) is 14.6. The van der Waals surface area contributed by atoms with Crippen LogP contribution in [0.5, 0.6) is 0 Å². The summed E-state index contributed by atoms with van der Waals surface area (Å²) in [5.74, 6) is 0.763. The first kappa shape index (κ1) is 16.1. The fourth-order valence-electron chi connectivity index (χ4n) is 2.28. The van der Waals surface area contributed by atoms with Gasteiger partial charge in [0, 0.05) is 18.8 Å². The van der Waals surface area contributed by atoms with Gasteiger partial charge in [-0.25, -0.2) is 4.39 Å². The van der Waals surface area contributed by atoms with Gasteiger partial charge in [-0.3, -0.25) is 4.98 Å². The molecule has 1 aromatic heterocycles. The van der Waals surface area contributed by atoms with Gasteiger partial charge in [0.25, 0.3) is 0 Å². The molecule has 2 N–H and O–H groups in total. The van der Waals surface area contributed by atoms with Crippen molar-refractivity contribution in [2.75, 3.05) is 13.2 Å². The summed E-state index contributed by atoms with van der Waals surface area (Å²) in [7, 11) is 0. The van der Waals surface area contributed by atoms with Crippen LogP contribution in [0.15, 0.2) is 18.5 Å². The molecule has 0 bridgehead atoms. The largest absolute Gasteiger partial charge is 0.396 e. The number of nitrogens with zero attached hydrogens (tertiary/aromatic N) is 1. The Hall–Kier alpha value is -1.00. The maximum absolute atomic E-state index is 13.1. The molecule has 0 saturated heterocycles. The minimum atomic E-state index is -0.305. The van der Waals surface area contributed by atoms with E-state index in [1.165, 1.54) is 12.3 Å². The highest BCUT2D eigenvalue weighted by Gasteiger charge is 2.13. The third-order valence-electron chi connectivity index (χ3n) is 3.28. The Morgan fingerprint density at radius 3 is 2.63 bits per heavy atom. The quantitative estimate of drug-likeness (QED) is 0.762. The second-order valence-electron chi connectivity index (χ2n) is 5.57. The Morgan fingerprint density at radius 2 is 2.05 bits per heavy atom. The molecule has 19 heavy (non-hydrogen) atoms. The van der Waals surface area contributed by atoms with E-state index in [4.69, 9.17) is 5.11 Å². The smallest absolute Gasteiger partial charge is 0.141 e. The molecule has 0 fully saturated rings. The van der Waals surface area contributed by atoms with Crippen molar-refractivity contribution in [3.63, 3.8) is 0 Å². The molecule has 2 unspecified atom stereocenters. The zero-order chi connectivity index (χ0) is 14.3. The minimum Gasteiger partial charge on any atom is -0.396 e. The number of hydrogen-bond acceptors (Lipinski definition) is 3. The summed E-state index contributed by atoms with van der Waals surface area (Å²) in [6.45, 7) is 7.42. The number of aromatic nitrogens is 1. The van der Waals surface area contributed by atoms with Crippen molar-refractivity contribution in [3.8, 4) is 0 Å². The molecule has 4 heteroatoms. The lowest BCUT2D eigenvalue weighted by atomic mass is 9.94. The predicted octanol–water partition coefficient (Wildman–Crippen LogP) is 2.92. The highest BCUT2D eigenvalue weighted by Crippen LogP contribution is 2.17. The summed E-state index contributed by atoms with van der Waals surface area (Å²) >= 11 is 0. The first-order valence-electron chi connectivity index (χ1n) is 6.97. The third-order valence-corrected chi connectivity index (χ3v) is 3.28. The number of nitrogens with one attached hydrogen (secondary N) is 1. The summed E-state index contributed by atoms with van der Waals surface area (Å²) in [5.41, 5.74) is 0.854. The zero-order valence-corrected chi connectivity index (χ0v) is 12.1. The van der Waals surface area contributed by atoms with Gasteiger partial charge in [0.15, 0.2) is 0 Å². The van der Waals surface area contributed by atoms with Crippen LogP contribution < -0.4 is 5.32 Å². The van der Waals surface area contributed by atoms with Crippen LogP contribution in [-0.4, -0.2) is 23.2 Å². The first-order chi connectivity index (χ1) is 9.02. The van der Waals surface area contributed by atoms with E-state index < -0.39 is 0 Å². The van der Waals surface area contributed by atoms with Gasteiger partial charge in [0.2, 0.25) is 0 Å². The lowest BCUT2D eigenvalue weighted by Gasteiger charge is -2.21. The number of hydrogen-bond donors (Lipinski definition) is 2. The highest BCUT2D eigenvalue weighted by molar-refractivity contribution is 5.14. The molecule has 1 aromatic rings. The van der Waals surface area contributed by atoms with Crippen molar-refractivity contribution >= 4 is 0 Å². The number of halogens is 1. The molecule has 0 aliphatic carbocycles. The second-order valence-corrected chi connectivity index (χ2v) is 5.57. The van der Waals surface area contributed by atoms with E-state index >= 15 is 0 Å². The molecular formula is C15H25FN2O. The van der Waals surface area contributed by atoms with Crippen LogP contribution in [0.1, 0.15) is 45.2 Å².